The van der Waals surface area contributed by atoms with E-state index in [9.17, 15) is 53.2 Å². The molecule has 0 radical (unpaired) electrons. The number of aryl methyl sites for hydroxylation is 1. The molecule has 33 heteroatoms. The minimum atomic E-state index is -5.37. The molecule has 15 unspecified atom stereocenters. The summed E-state index contributed by atoms with van der Waals surface area (Å²) in [6.07, 6.45) is -5.54. The number of hydrogen-bond acceptors (Lipinski definition) is 22. The number of nitrogens with two attached hydrogens (primary N) is 7. The molecule has 6 aliphatic heterocycles. The number of amides is 7. The van der Waals surface area contributed by atoms with Gasteiger partial charge in [0, 0.05) is 108 Å². The van der Waals surface area contributed by atoms with Gasteiger partial charge in [0.2, 0.25) is 41.4 Å². The molecule has 0 spiro atoms. The number of aliphatic hydroxyl groups is 2. The minimum Gasteiger partial charge on any atom is -0.756 e. The molecule has 8 heterocycles. The number of fused-ring (bicyclic) bond motifs is 7. The predicted octanol–water partition coefficient (Wildman–Crippen LogP) is 1.47. The molecule has 2 aromatic heterocycles. The summed E-state index contributed by atoms with van der Waals surface area (Å²) in [6.45, 7) is 21.3. The van der Waals surface area contributed by atoms with Gasteiger partial charge in [-0.1, -0.05) is 40.7 Å². The van der Waals surface area contributed by atoms with E-state index in [0.29, 0.717) is 51.2 Å². The molecule has 7 amide bonds. The fraction of sp³-hybridized carbons (Fsp3) is 0.633. The number of nitrogens with one attached hydrogen (secondary N) is 1. The number of phosphoric ester groups is 1. The van der Waals surface area contributed by atoms with Crippen LogP contribution in [0.2, 0.25) is 0 Å². The van der Waals surface area contributed by atoms with Crippen LogP contribution in [0.4, 0.5) is 5.82 Å². The normalized spacial score (nSPS) is 33.1. The number of nitrogen functional groups attached to an aromatic ring is 1. The first-order valence-corrected chi connectivity index (χ1v) is 31.7. The first kappa shape index (κ1) is 74.7. The summed E-state index contributed by atoms with van der Waals surface area (Å²) in [5.41, 5.74) is 39.9. The Kier molecular flexibility index (Phi) is 22.7. The van der Waals surface area contributed by atoms with Crippen LogP contribution >= 0.6 is 7.82 Å². The van der Waals surface area contributed by atoms with E-state index < -0.39 is 150 Å². The molecule has 508 valence electrons. The zero-order chi connectivity index (χ0) is 68.7. The number of nitrogens with zero attached hydrogens (tertiary/aromatic N) is 9. The van der Waals surface area contributed by atoms with E-state index in [-0.39, 0.29) is 104 Å². The number of hydrogen-bond donors (Lipinski definition) is 10. The summed E-state index contributed by atoms with van der Waals surface area (Å²) in [4.78, 5) is 136. The summed E-state index contributed by atoms with van der Waals surface area (Å²) >= 11 is 0. The topological polar surface area (TPSA) is 541 Å². The number of carbonyl (C=O) groups is 7. The summed E-state index contributed by atoms with van der Waals surface area (Å²) in [5, 5.41) is 36.2. The average Bonchev–Trinajstić information content (AvgIpc) is 1.53. The Morgan fingerprint density at radius 1 is 0.828 bits per heavy atom. The molecule has 93 heavy (non-hydrogen) atoms. The number of ether oxygens (including phenoxy) is 1. The van der Waals surface area contributed by atoms with Crippen LogP contribution in [0.15, 0.2) is 55.6 Å². The van der Waals surface area contributed by atoms with Gasteiger partial charge in [-0.15, -0.1) is 0 Å². The minimum absolute atomic E-state index is 0. The van der Waals surface area contributed by atoms with Gasteiger partial charge in [-0.3, -0.25) is 57.7 Å². The number of anilines is 1. The Morgan fingerprint density at radius 2 is 1.42 bits per heavy atom. The molecule has 17 N–H and O–H groups in total. The van der Waals surface area contributed by atoms with Crippen molar-refractivity contribution in [1.29, 1.82) is 5.26 Å². The molecule has 6 aliphatic rings. The maximum Gasteiger partial charge on any atom is 3.00 e. The predicted molar refractivity (Wildman–Crippen MR) is 332 cm³/mol. The summed E-state index contributed by atoms with van der Waals surface area (Å²) < 4.78 is 31.4. The van der Waals surface area contributed by atoms with Crippen molar-refractivity contribution in [2.24, 2.45) is 94.7 Å². The maximum atomic E-state index is 14.3. The summed E-state index contributed by atoms with van der Waals surface area (Å²) in [6, 6.07) is -1.07. The number of primary amides is 6. The van der Waals surface area contributed by atoms with Crippen molar-refractivity contribution in [2.75, 3.05) is 18.9 Å². The van der Waals surface area contributed by atoms with E-state index in [1.54, 1.807) is 20.8 Å². The fourth-order valence-corrected chi connectivity index (χ4v) is 16.2. The molecular formula is C60H85CoN17O14P. The van der Waals surface area contributed by atoms with Crippen molar-refractivity contribution in [2.45, 2.75) is 182 Å². The number of allylic oxidation sites excluding steroid dienone is 6. The van der Waals surface area contributed by atoms with Crippen molar-refractivity contribution in [3.8, 4) is 0 Å². The monoisotopic (exact) mass is 1360 g/mol. The van der Waals surface area contributed by atoms with E-state index in [1.165, 1.54) is 17.8 Å². The van der Waals surface area contributed by atoms with E-state index in [1.807, 2.05) is 47.6 Å². The van der Waals surface area contributed by atoms with E-state index in [4.69, 9.17) is 86.0 Å². The van der Waals surface area contributed by atoms with Crippen LogP contribution in [0, 0.1) is 64.1 Å². The van der Waals surface area contributed by atoms with Crippen LogP contribution in [0.5, 0.6) is 0 Å². The van der Waals surface area contributed by atoms with Crippen molar-refractivity contribution in [3.63, 3.8) is 0 Å². The maximum absolute atomic E-state index is 14.3. The van der Waals surface area contributed by atoms with Crippen molar-refractivity contribution < 1.29 is 83.8 Å². The first-order chi connectivity index (χ1) is 42.8. The Balaban J connectivity index is 0.00000453. The second-order valence-electron chi connectivity index (χ2n) is 26.4. The average molecular weight is 1360 g/mol. The molecule has 8 rings (SSSR count). The van der Waals surface area contributed by atoms with Crippen LogP contribution < -0.4 is 50.3 Å². The Hall–Kier alpha value is -7.34. The standard InChI is InChI=1S/C59H87N16O14P.CN.Co/c1-26(88-90(85,86)89-48-35(24-76)87-54(47(48)84)75-25-68-53-46(75)52(66)69-29(4)70-53)23-67-43(83)17-18-56(7)33(19-40(63)80)51-59(10)58(9,22-42(65)82)32(13-16-39(62)79)45(74-59)28(3)50-57(8,21-41(64)81)30(11-14-37(60)77)34(71-50)20-36-55(5,6)31(12-15-38(61)78)44(72-36)27(2)49(56)73-51;1-2;/h20,25-26,30-33,35,47-48,51,54,76,84H,11-19,21-24H2,1-10H3,(H17,60,61,62,63,64,65,66,67,69,70,71,72,73,74,77,78,79,80,81,82,83,85,86);;/q;-1;+3/p-2. The molecular weight excluding hydrogens is 1270 g/mol. The Morgan fingerprint density at radius 3 is 1.99 bits per heavy atom. The van der Waals surface area contributed by atoms with E-state index in [2.05, 4.69) is 20.3 Å². The largest absolute Gasteiger partial charge is 3.00 e. The number of carbonyl (C=O) groups excluding carboxylic acids is 7. The van der Waals surface area contributed by atoms with Gasteiger partial charge in [0.25, 0.3) is 7.82 Å². The van der Waals surface area contributed by atoms with Crippen LogP contribution in [0.25, 0.3) is 16.5 Å². The van der Waals surface area contributed by atoms with Gasteiger partial charge in [0.15, 0.2) is 17.7 Å². The van der Waals surface area contributed by atoms with Gasteiger partial charge < -0.3 is 91.5 Å². The van der Waals surface area contributed by atoms with Crippen molar-refractivity contribution in [1.82, 2.24) is 24.8 Å². The third kappa shape index (κ3) is 14.5. The molecule has 8 bridgehead atoms. The summed E-state index contributed by atoms with van der Waals surface area (Å²) in [7, 11) is -5.37. The van der Waals surface area contributed by atoms with Crippen LogP contribution in [-0.2, 0) is 68.7 Å². The molecule has 2 saturated heterocycles. The van der Waals surface area contributed by atoms with Crippen molar-refractivity contribution in [3.05, 3.63) is 58.4 Å². The van der Waals surface area contributed by atoms with Crippen LogP contribution in [0.1, 0.15) is 145 Å². The molecule has 0 saturated carbocycles. The number of rotatable bonds is 26. The van der Waals surface area contributed by atoms with Crippen molar-refractivity contribution >= 4 is 83.3 Å². The van der Waals surface area contributed by atoms with Crippen LogP contribution in [-0.4, -0.2) is 137 Å². The van der Waals surface area contributed by atoms with Gasteiger partial charge in [0.05, 0.1) is 23.9 Å². The zero-order valence-corrected chi connectivity index (χ0v) is 55.7. The second-order valence-corrected chi connectivity index (χ2v) is 27.7. The molecule has 0 aromatic carbocycles. The Labute approximate surface area is 548 Å². The molecule has 2 fully saturated rings. The zero-order valence-electron chi connectivity index (χ0n) is 53.8. The number of aromatic nitrogens is 4. The fourth-order valence-electron chi connectivity index (χ4n) is 15.1. The van der Waals surface area contributed by atoms with Gasteiger partial charge in [0.1, 0.15) is 36.0 Å². The number of aliphatic imine (C=N–C) groups is 3. The van der Waals surface area contributed by atoms with E-state index >= 15 is 0 Å². The molecule has 2 aromatic rings. The first-order valence-electron chi connectivity index (χ1n) is 30.2. The molecule has 0 aliphatic carbocycles. The third-order valence-corrected chi connectivity index (χ3v) is 21.0. The molecule has 15 atom stereocenters. The Bertz CT molecular complexity index is 3600. The number of phosphoric acid groups is 1. The van der Waals surface area contributed by atoms with Gasteiger partial charge in [-0.05, 0) is 88.9 Å². The molecule has 31 nitrogen and oxygen atoms in total. The SMILES string of the molecule is C/C1=C2N=C(/C=C3N=C(/C(C)=C4\[N-]C(C(CC(N)=O)C4(C)CCC(=O)NCC(C)OP(=O)([O-])OC4C(CO)OC(n5cnc6nc(C)nc(N)c65)C4O)C4(C)N=C1C(CCC(N)=O)C4(C)CC(N)=O)C(CCC(N)=O)C\3(C)C)C(CCC(N)=O)C/2(C)CC(N)=O.[C-]#N.[Co+3]. The quantitative estimate of drug-likeness (QED) is 0.0471. The third-order valence-electron chi connectivity index (χ3n) is 19.9. The number of imidazole rings is 1. The van der Waals surface area contributed by atoms with Crippen LogP contribution in [0.3, 0.4) is 0 Å². The smallest absolute Gasteiger partial charge is 0.756 e. The second kappa shape index (κ2) is 28.3. The van der Waals surface area contributed by atoms with Gasteiger partial charge >= 0.3 is 16.8 Å². The van der Waals surface area contributed by atoms with Gasteiger partial charge in [-0.25, -0.2) is 15.0 Å². The number of aliphatic hydroxyl groups excluding tert-OH is 2. The summed E-state index contributed by atoms with van der Waals surface area (Å²) in [5.74, 6) is -7.17. The van der Waals surface area contributed by atoms with E-state index in [0.717, 1.165) is 0 Å². The van der Waals surface area contributed by atoms with Gasteiger partial charge in [-0.2, -0.15) is 5.70 Å².